The molecular formula is C53H65F3N14O6. The number of amides is 3. The number of hydrogen-bond acceptors (Lipinski definition) is 15. The Labute approximate surface area is 440 Å². The van der Waals surface area contributed by atoms with E-state index in [-0.39, 0.29) is 36.7 Å². The summed E-state index contributed by atoms with van der Waals surface area (Å²) in [6.07, 6.45) is 5.69. The number of carbonyl (C=O) groups is 3. The predicted octanol–water partition coefficient (Wildman–Crippen LogP) is 6.10. The molecule has 0 aromatic carbocycles. The van der Waals surface area contributed by atoms with E-state index in [0.717, 1.165) is 43.3 Å². The number of aromatic nitrogens is 6. The minimum atomic E-state index is -1.65. The van der Waals surface area contributed by atoms with E-state index in [4.69, 9.17) is 16.6 Å². The molecule has 0 saturated heterocycles. The topological polar surface area (TPSA) is 272 Å². The normalized spacial score (nSPS) is 17.8. The smallest absolute Gasteiger partial charge is 0.409 e. The molecule has 20 nitrogen and oxygen atoms in total. The zero-order chi connectivity index (χ0) is 56.2. The highest BCUT2D eigenvalue weighted by molar-refractivity contribution is 6.00. The Kier molecular flexibility index (Phi) is 18.5. The maximum absolute atomic E-state index is 14.3. The van der Waals surface area contributed by atoms with E-state index in [1.54, 1.807) is 40.3 Å². The minimum Gasteiger partial charge on any atom is -0.453 e. The van der Waals surface area contributed by atoms with Crippen molar-refractivity contribution in [1.29, 1.82) is 10.5 Å². The van der Waals surface area contributed by atoms with Gasteiger partial charge in [0.15, 0.2) is 0 Å². The average Bonchev–Trinajstić information content (AvgIpc) is 4.02. The van der Waals surface area contributed by atoms with Crippen molar-refractivity contribution < 1.29 is 43.9 Å². The van der Waals surface area contributed by atoms with Crippen LogP contribution in [-0.2, 0) is 4.74 Å². The Hall–Kier alpha value is -7.86. The summed E-state index contributed by atoms with van der Waals surface area (Å²) in [4.78, 5) is 48.2. The molecule has 6 aromatic rings. The molecule has 6 heterocycles. The molecule has 2 atom stereocenters. The van der Waals surface area contributed by atoms with Gasteiger partial charge in [0.1, 0.15) is 24.5 Å². The van der Waals surface area contributed by atoms with E-state index in [0.29, 0.717) is 63.3 Å². The van der Waals surface area contributed by atoms with Gasteiger partial charge in [-0.2, -0.15) is 20.7 Å². The second-order valence-electron chi connectivity index (χ2n) is 20.0. The third-order valence-corrected chi connectivity index (χ3v) is 13.2. The number of aliphatic hydroxyl groups is 2. The monoisotopic (exact) mass is 1050 g/mol. The van der Waals surface area contributed by atoms with E-state index in [1.165, 1.54) is 64.5 Å². The predicted molar refractivity (Wildman–Crippen MR) is 280 cm³/mol. The highest BCUT2D eigenvalue weighted by Gasteiger charge is 2.34. The van der Waals surface area contributed by atoms with Gasteiger partial charge < -0.3 is 46.4 Å². The van der Waals surface area contributed by atoms with Gasteiger partial charge in [0.25, 0.3) is 11.8 Å². The molecule has 0 radical (unpaired) electrons. The van der Waals surface area contributed by atoms with Crippen molar-refractivity contribution in [3.63, 3.8) is 0 Å². The van der Waals surface area contributed by atoms with Crippen LogP contribution in [-0.4, -0.2) is 152 Å². The molecule has 0 bridgehead atoms. The van der Waals surface area contributed by atoms with Gasteiger partial charge >= 0.3 is 6.09 Å². The Morgan fingerprint density at radius 3 is 1.58 bits per heavy atom. The molecule has 8 rings (SSSR count). The summed E-state index contributed by atoms with van der Waals surface area (Å²) in [5.74, 6) is -0.149. The van der Waals surface area contributed by atoms with Crippen LogP contribution >= 0.6 is 0 Å². The molecule has 0 unspecified atom stereocenters. The maximum Gasteiger partial charge on any atom is 0.409 e. The summed E-state index contributed by atoms with van der Waals surface area (Å²) in [6.45, 7) is 6.23. The van der Waals surface area contributed by atoms with E-state index >= 15 is 0 Å². The van der Waals surface area contributed by atoms with Crippen molar-refractivity contribution >= 4 is 40.3 Å². The van der Waals surface area contributed by atoms with Crippen LogP contribution in [0, 0.1) is 34.5 Å². The van der Waals surface area contributed by atoms with Crippen LogP contribution in [0.5, 0.6) is 0 Å². The number of halogens is 3. The van der Waals surface area contributed by atoms with Crippen LogP contribution in [0.25, 0.3) is 33.8 Å². The lowest BCUT2D eigenvalue weighted by molar-refractivity contribution is -0.00209. The summed E-state index contributed by atoms with van der Waals surface area (Å²) < 4.78 is 52.1. The number of rotatable bonds is 18. The fraction of sp³-hybridized carbons (Fsp3) is 0.453. The second kappa shape index (κ2) is 25.1. The standard InChI is InChI=1S/C27H32FN7O4.C25H30FN7O2.CH3F/c1-27(2,38)24(28)14-31-25(36)20-13-30-22(23-6-5-19-9-17(11-29)12-32-35(19)23)10-21(20)33-18-7-16(8-18)15-34(3)26(37)39-4;1-25(2,35)23(26)14-30-24(34)19-13-29-21(9-20(19)32-17-6-15(7-17)11-28-3)22-5-4-18-8-16(10-27)12-31-33(18)22;1-2/h5-6,9-10,12-13,16,18,24,38H,7-8,14-15H2,1-4H3,(H,30,33)(H,31,36);4-5,8-9,12-13,15,17,23,28,35H,6-7,11,14H2,1-3H3,(H,29,32)(H,30,34);1H3/t16?,18?,24-;15?,17?,23-;/m11./s1/i;;1D. The summed E-state index contributed by atoms with van der Waals surface area (Å²) in [7, 11) is 3.96. The largest absolute Gasteiger partial charge is 0.453 e. The zero-order valence-corrected chi connectivity index (χ0v) is 43.4. The quantitative estimate of drug-likeness (QED) is 0.0513. The number of pyridine rings is 2. The molecular weight excluding hydrogens is 986 g/mol. The first-order valence-electron chi connectivity index (χ1n) is 25.2. The van der Waals surface area contributed by atoms with Crippen LogP contribution in [0.3, 0.4) is 0 Å². The Morgan fingerprint density at radius 1 is 0.776 bits per heavy atom. The first-order valence-corrected chi connectivity index (χ1v) is 24.5. The third kappa shape index (κ3) is 14.1. The number of nitrogens with one attached hydrogen (secondary N) is 5. The lowest BCUT2D eigenvalue weighted by Gasteiger charge is -2.38. The zero-order valence-electron chi connectivity index (χ0n) is 44.4. The number of nitriles is 2. The maximum atomic E-state index is 14.3. The lowest BCUT2D eigenvalue weighted by atomic mass is 9.79. The number of fused-ring (bicyclic) bond motifs is 2. The Bertz CT molecular complexity index is 3100. The second-order valence-corrected chi connectivity index (χ2v) is 20.0. The van der Waals surface area contributed by atoms with Gasteiger partial charge in [0.05, 0.1) is 120 Å². The molecule has 76 heavy (non-hydrogen) atoms. The lowest BCUT2D eigenvalue weighted by Crippen LogP contribution is -2.43. The number of alkyl halides is 3. The van der Waals surface area contributed by atoms with E-state index in [2.05, 4.69) is 58.9 Å². The van der Waals surface area contributed by atoms with Crippen molar-refractivity contribution in [3.8, 4) is 34.9 Å². The van der Waals surface area contributed by atoms with Crippen molar-refractivity contribution in [2.45, 2.75) is 89.0 Å². The number of methoxy groups -OCH3 is 1. The highest BCUT2D eigenvalue weighted by Crippen LogP contribution is 2.35. The van der Waals surface area contributed by atoms with Crippen molar-refractivity contribution in [2.75, 3.05) is 65.2 Å². The van der Waals surface area contributed by atoms with Crippen LogP contribution in [0.1, 0.15) is 86.6 Å². The van der Waals surface area contributed by atoms with Gasteiger partial charge in [-0.25, -0.2) is 22.6 Å². The number of hydrogen-bond donors (Lipinski definition) is 7. The Morgan fingerprint density at radius 2 is 1.20 bits per heavy atom. The molecule has 2 aliphatic carbocycles. The average molecular weight is 1050 g/mol. The molecule has 2 saturated carbocycles. The fourth-order valence-corrected chi connectivity index (χ4v) is 8.72. The summed E-state index contributed by atoms with van der Waals surface area (Å²) in [6, 6.07) is 18.8. The Balaban J connectivity index is 0.000000239. The molecule has 23 heteroatoms. The van der Waals surface area contributed by atoms with Crippen molar-refractivity contribution in [2.24, 2.45) is 11.8 Å². The van der Waals surface area contributed by atoms with Gasteiger partial charge in [-0.3, -0.25) is 23.9 Å². The highest BCUT2D eigenvalue weighted by atomic mass is 19.1. The van der Waals surface area contributed by atoms with Gasteiger partial charge in [-0.15, -0.1) is 0 Å². The third-order valence-electron chi connectivity index (χ3n) is 13.2. The van der Waals surface area contributed by atoms with E-state index in [9.17, 15) is 37.8 Å². The number of nitrogens with zero attached hydrogens (tertiary/aromatic N) is 9. The molecule has 2 fully saturated rings. The minimum absolute atomic E-state index is 0.0496. The summed E-state index contributed by atoms with van der Waals surface area (Å²) in [5, 5.41) is 61.9. The molecule has 7 N–H and O–H groups in total. The summed E-state index contributed by atoms with van der Waals surface area (Å²) >= 11 is 0. The van der Waals surface area contributed by atoms with Gasteiger partial charge in [-0.1, -0.05) is 0 Å². The summed E-state index contributed by atoms with van der Waals surface area (Å²) in [5.41, 5.74) is 3.41. The number of carbonyl (C=O) groups excluding carboxylic acids is 3. The molecule has 2 aliphatic rings. The SMILES string of the molecule is CNCC1CC(Nc2cc(-c3ccc4cc(C#N)cnn34)ncc2C(=O)NC[C@@H](F)C(C)(C)O)C1.COC(=O)N(C)CC1CC(Nc2cc(-c3ccc4cc(C#N)cnn34)ncc2C(=O)NC[C@@H](F)C(C)(C)O)C1.[2H]CF. The molecule has 3 amide bonds. The molecule has 0 spiro atoms. The first-order chi connectivity index (χ1) is 36.6. The number of anilines is 2. The fourth-order valence-electron chi connectivity index (χ4n) is 8.72. The van der Waals surface area contributed by atoms with E-state index in [1.807, 2.05) is 31.3 Å². The number of ether oxygens (including phenoxy) is 1. The molecule has 404 valence electrons. The van der Waals surface area contributed by atoms with Crippen molar-refractivity contribution in [1.82, 2.24) is 50.0 Å². The van der Waals surface area contributed by atoms with Crippen LogP contribution in [0.4, 0.5) is 29.3 Å². The molecule has 0 aliphatic heterocycles. The van der Waals surface area contributed by atoms with Gasteiger partial charge in [0, 0.05) is 38.1 Å². The van der Waals surface area contributed by atoms with Crippen LogP contribution in [0.15, 0.2) is 73.3 Å². The van der Waals surface area contributed by atoms with Crippen LogP contribution < -0.4 is 26.6 Å². The first kappa shape index (κ1) is 55.9. The van der Waals surface area contributed by atoms with Gasteiger partial charge in [0.2, 0.25) is 0 Å². The van der Waals surface area contributed by atoms with E-state index < -0.39 is 48.6 Å². The van der Waals surface area contributed by atoms with Crippen molar-refractivity contribution in [3.05, 3.63) is 95.6 Å². The molecule has 6 aromatic heterocycles. The van der Waals surface area contributed by atoms with Gasteiger partial charge in [-0.05, 0) is 127 Å². The van der Waals surface area contributed by atoms with Crippen LogP contribution in [0.2, 0.25) is 0 Å².